The Morgan fingerprint density at radius 2 is 1.63 bits per heavy atom. The SMILES string of the molecule is [C-]#[N+]c1c(C(=O)OC2C(C)CC(C)CC2C)c2nc(-c3cccc(NS(=O)(=O)CCCCCCCCCCCC)c3)[nH]n2c1OC(=O)N(CC=C)CC=C. The third-order valence-electron chi connectivity index (χ3n) is 10.1. The summed E-state index contributed by atoms with van der Waals surface area (Å²) in [6.07, 6.45) is 14.8. The predicted molar refractivity (Wildman–Crippen MR) is 214 cm³/mol. The first-order chi connectivity index (χ1) is 25.9. The Morgan fingerprint density at radius 1 is 1.02 bits per heavy atom. The second-order valence-corrected chi connectivity index (χ2v) is 16.6. The summed E-state index contributed by atoms with van der Waals surface area (Å²) in [6, 6.07) is 6.72. The van der Waals surface area contributed by atoms with E-state index < -0.39 is 22.1 Å². The van der Waals surface area contributed by atoms with Gasteiger partial charge in [0.15, 0.2) is 11.5 Å². The molecular formula is C41H58N6O6S. The Bertz CT molecular complexity index is 1870. The van der Waals surface area contributed by atoms with E-state index in [0.29, 0.717) is 23.6 Å². The molecule has 13 heteroatoms. The second-order valence-electron chi connectivity index (χ2n) is 14.8. The third-order valence-corrected chi connectivity index (χ3v) is 11.4. The highest BCUT2D eigenvalue weighted by Crippen LogP contribution is 2.41. The molecule has 2 unspecified atom stereocenters. The van der Waals surface area contributed by atoms with E-state index in [0.717, 1.165) is 32.1 Å². The number of H-pyrrole nitrogens is 1. The number of benzene rings is 1. The number of aromatic nitrogens is 3. The number of ether oxygens (including phenoxy) is 2. The van der Waals surface area contributed by atoms with Crippen LogP contribution in [0.25, 0.3) is 21.9 Å². The number of sulfonamides is 1. The molecule has 12 nitrogen and oxygen atoms in total. The van der Waals surface area contributed by atoms with Crippen LogP contribution in [0.3, 0.4) is 0 Å². The highest BCUT2D eigenvalue weighted by atomic mass is 32.2. The highest BCUT2D eigenvalue weighted by molar-refractivity contribution is 7.92. The lowest BCUT2D eigenvalue weighted by Crippen LogP contribution is -2.37. The molecule has 54 heavy (non-hydrogen) atoms. The van der Waals surface area contributed by atoms with Crippen molar-refractivity contribution in [1.29, 1.82) is 0 Å². The van der Waals surface area contributed by atoms with Crippen LogP contribution in [-0.2, 0) is 14.8 Å². The minimum absolute atomic E-state index is 0.0177. The van der Waals surface area contributed by atoms with Crippen molar-refractivity contribution in [3.05, 3.63) is 66.6 Å². The number of nitrogens with one attached hydrogen (secondary N) is 2. The van der Waals surface area contributed by atoms with Gasteiger partial charge in [0.2, 0.25) is 15.9 Å². The van der Waals surface area contributed by atoms with Crippen molar-refractivity contribution in [3.63, 3.8) is 0 Å². The van der Waals surface area contributed by atoms with Gasteiger partial charge < -0.3 is 14.4 Å². The van der Waals surface area contributed by atoms with Crippen molar-refractivity contribution < 1.29 is 27.5 Å². The van der Waals surface area contributed by atoms with Crippen LogP contribution in [0.5, 0.6) is 5.88 Å². The highest BCUT2D eigenvalue weighted by Gasteiger charge is 2.37. The fourth-order valence-corrected chi connectivity index (χ4v) is 8.69. The normalized spacial score (nSPS) is 18.5. The first-order valence-electron chi connectivity index (χ1n) is 19.4. The molecule has 4 rings (SSSR count). The lowest BCUT2D eigenvalue weighted by molar-refractivity contribution is -0.0249. The maximum atomic E-state index is 14.0. The molecule has 294 valence electrons. The van der Waals surface area contributed by atoms with Crippen molar-refractivity contribution >= 4 is 39.1 Å². The molecule has 2 heterocycles. The molecular weight excluding hydrogens is 705 g/mol. The van der Waals surface area contributed by atoms with Crippen LogP contribution >= 0.6 is 0 Å². The van der Waals surface area contributed by atoms with Gasteiger partial charge in [0.25, 0.3) is 5.69 Å². The maximum Gasteiger partial charge on any atom is 0.416 e. The summed E-state index contributed by atoms with van der Waals surface area (Å²) in [6.45, 7) is 24.3. The van der Waals surface area contributed by atoms with E-state index in [-0.39, 0.29) is 65.4 Å². The van der Waals surface area contributed by atoms with Crippen molar-refractivity contribution in [3.8, 4) is 17.3 Å². The first kappa shape index (κ1) is 42.2. The van der Waals surface area contributed by atoms with E-state index >= 15 is 0 Å². The van der Waals surface area contributed by atoms with Gasteiger partial charge in [0.1, 0.15) is 11.7 Å². The number of esters is 1. The zero-order valence-electron chi connectivity index (χ0n) is 32.4. The largest absolute Gasteiger partial charge is 0.459 e. The number of nitrogens with zero attached hydrogens (tertiary/aromatic N) is 4. The molecule has 2 N–H and O–H groups in total. The average Bonchev–Trinajstić information content (AvgIpc) is 3.68. The summed E-state index contributed by atoms with van der Waals surface area (Å²) in [5, 5.41) is 3.07. The van der Waals surface area contributed by atoms with Crippen molar-refractivity contribution in [1.82, 2.24) is 19.5 Å². The van der Waals surface area contributed by atoms with Crippen LogP contribution in [0.15, 0.2) is 49.6 Å². The number of hydrogen-bond donors (Lipinski definition) is 2. The molecule has 2 atom stereocenters. The number of carbonyl (C=O) groups is 2. The Balaban J connectivity index is 1.58. The Kier molecular flexibility index (Phi) is 15.8. The van der Waals surface area contributed by atoms with Gasteiger partial charge in [-0.25, -0.2) is 32.4 Å². The van der Waals surface area contributed by atoms with E-state index in [1.165, 1.54) is 60.1 Å². The van der Waals surface area contributed by atoms with E-state index in [2.05, 4.69) is 55.5 Å². The summed E-state index contributed by atoms with van der Waals surface area (Å²) in [5.41, 5.74) is 0.559. The molecule has 1 amide bonds. The minimum Gasteiger partial charge on any atom is -0.459 e. The molecule has 0 aliphatic heterocycles. The van der Waals surface area contributed by atoms with Crippen LogP contribution in [0, 0.1) is 24.3 Å². The Hall–Kier alpha value is -4.57. The maximum absolute atomic E-state index is 14.0. The zero-order valence-corrected chi connectivity index (χ0v) is 33.3. The monoisotopic (exact) mass is 762 g/mol. The van der Waals surface area contributed by atoms with Crippen LogP contribution in [0.4, 0.5) is 16.2 Å². The van der Waals surface area contributed by atoms with E-state index in [4.69, 9.17) is 21.0 Å². The van der Waals surface area contributed by atoms with Crippen LogP contribution in [-0.4, -0.2) is 64.9 Å². The van der Waals surface area contributed by atoms with Gasteiger partial charge in [-0.05, 0) is 49.1 Å². The van der Waals surface area contributed by atoms with Gasteiger partial charge in [-0.2, -0.15) is 0 Å². The molecule has 0 saturated heterocycles. The predicted octanol–water partition coefficient (Wildman–Crippen LogP) is 9.94. The number of amides is 1. The van der Waals surface area contributed by atoms with Gasteiger partial charge in [0, 0.05) is 24.3 Å². The second kappa shape index (κ2) is 20.2. The van der Waals surface area contributed by atoms with Crippen molar-refractivity contribution in [2.24, 2.45) is 17.8 Å². The first-order valence-corrected chi connectivity index (χ1v) is 21.1. The molecule has 0 spiro atoms. The van der Waals surface area contributed by atoms with Crippen LogP contribution < -0.4 is 9.46 Å². The zero-order chi connectivity index (χ0) is 39.3. The molecule has 0 radical (unpaired) electrons. The lowest BCUT2D eigenvalue weighted by Gasteiger charge is -2.37. The van der Waals surface area contributed by atoms with Gasteiger partial charge in [0.05, 0.1) is 12.3 Å². The van der Waals surface area contributed by atoms with Crippen molar-refractivity contribution in [2.75, 3.05) is 23.6 Å². The van der Waals surface area contributed by atoms with Gasteiger partial charge in [-0.15, -0.1) is 13.2 Å². The number of unbranched alkanes of at least 4 members (excludes halogenated alkanes) is 9. The standard InChI is InChI=1S/C41H58N6O6S/c1-8-11-12-13-14-15-16-17-18-19-25-54(50,51)45-33-22-20-21-32(28-33)37-43-38-34(40(48)52-36-30(5)26-29(4)27-31(36)6)35(42-7)39(47(38)44-37)53-41(49)46(23-9-2)24-10-3/h9-10,20-22,28-31,36,45H,2-3,8,11-19,23-27H2,1,4-6H3,(H,43,44). The van der Waals surface area contributed by atoms with Crippen LogP contribution in [0.2, 0.25) is 0 Å². The Morgan fingerprint density at radius 3 is 2.22 bits per heavy atom. The number of hydrogen-bond acceptors (Lipinski definition) is 7. The molecule has 1 aliphatic carbocycles. The quantitative estimate of drug-likeness (QED) is 0.0477. The van der Waals surface area contributed by atoms with E-state index in [9.17, 15) is 18.0 Å². The minimum atomic E-state index is -3.60. The number of fused-ring (bicyclic) bond motifs is 1. The van der Waals surface area contributed by atoms with Gasteiger partial charge >= 0.3 is 12.1 Å². The smallest absolute Gasteiger partial charge is 0.416 e. The van der Waals surface area contributed by atoms with Gasteiger partial charge in [-0.1, -0.05) is 110 Å². The summed E-state index contributed by atoms with van der Waals surface area (Å²) < 4.78 is 41.9. The third kappa shape index (κ3) is 11.2. The number of carbonyl (C=O) groups excluding carboxylic acids is 2. The van der Waals surface area contributed by atoms with E-state index in [1.54, 1.807) is 24.3 Å². The molecule has 1 aliphatic rings. The number of aromatic amines is 1. The number of anilines is 1. The summed E-state index contributed by atoms with van der Waals surface area (Å²) in [7, 11) is -3.60. The van der Waals surface area contributed by atoms with Crippen molar-refractivity contribution in [2.45, 2.75) is 111 Å². The topological polar surface area (TPSA) is 139 Å². The summed E-state index contributed by atoms with van der Waals surface area (Å²) in [4.78, 5) is 37.0. The van der Waals surface area contributed by atoms with E-state index in [1.807, 2.05) is 0 Å². The fraction of sp³-hybridized carbons (Fsp3) is 0.561. The van der Waals surface area contributed by atoms with Crippen LogP contribution in [0.1, 0.15) is 115 Å². The lowest BCUT2D eigenvalue weighted by atomic mass is 9.75. The molecule has 2 aromatic heterocycles. The summed E-state index contributed by atoms with van der Waals surface area (Å²) >= 11 is 0. The van der Waals surface area contributed by atoms with Gasteiger partial charge in [-0.3, -0.25) is 9.82 Å². The molecule has 3 aromatic rings. The Labute approximate surface area is 321 Å². The summed E-state index contributed by atoms with van der Waals surface area (Å²) in [5.74, 6) is 0.0310. The molecule has 1 aromatic carbocycles. The molecule has 0 bridgehead atoms. The molecule has 1 saturated carbocycles. The average molecular weight is 763 g/mol. The molecule has 1 fully saturated rings. The number of rotatable bonds is 21. The fourth-order valence-electron chi connectivity index (χ4n) is 7.52.